The van der Waals surface area contributed by atoms with Crippen LogP contribution in [0.15, 0.2) is 5.51 Å². The second-order valence-corrected chi connectivity index (χ2v) is 2.27. The summed E-state index contributed by atoms with van der Waals surface area (Å²) in [5.41, 5.74) is 1.76. The van der Waals surface area contributed by atoms with Crippen LogP contribution < -0.4 is 10.1 Å². The minimum Gasteiger partial charge on any atom is -0.460 e. The number of ether oxygens (including phenoxy) is 1. The quantitative estimate of drug-likeness (QED) is 0.563. The minimum absolute atomic E-state index is 0.578. The maximum Gasteiger partial charge on any atom is 0.220 e. The van der Waals surface area contributed by atoms with Crippen LogP contribution in [0.4, 0.5) is 5.82 Å². The lowest BCUT2D eigenvalue weighted by molar-refractivity contribution is 0.382. The van der Waals surface area contributed by atoms with E-state index in [1.807, 2.05) is 0 Å². The average Bonchev–Trinajstić information content (AvgIpc) is 2.15. The number of aromatic nitrogens is 1. The highest BCUT2D eigenvalue weighted by molar-refractivity contribution is 7.12. The summed E-state index contributed by atoms with van der Waals surface area (Å²) in [6.45, 7) is 0.578. The largest absolute Gasteiger partial charge is 0.460 e. The van der Waals surface area contributed by atoms with Gasteiger partial charge in [-0.2, -0.15) is 0 Å². The highest BCUT2D eigenvalue weighted by Gasteiger charge is 2.11. The Hall–Kier alpha value is -0.770. The monoisotopic (exact) mass is 128 g/mol. The van der Waals surface area contributed by atoms with E-state index >= 15 is 0 Å². The third-order valence-corrected chi connectivity index (χ3v) is 1.71. The molecule has 0 radical (unpaired) electrons. The number of hydrogen-bond donors (Lipinski definition) is 1. The zero-order chi connectivity index (χ0) is 5.40. The Morgan fingerprint density at radius 1 is 1.88 bits per heavy atom. The maximum absolute atomic E-state index is 5.08. The summed E-state index contributed by atoms with van der Waals surface area (Å²) >= 11 is 1.52. The molecule has 1 N–H and O–H groups in total. The van der Waals surface area contributed by atoms with Crippen LogP contribution >= 0.6 is 11.3 Å². The summed E-state index contributed by atoms with van der Waals surface area (Å²) in [5.74, 6) is 0.884. The van der Waals surface area contributed by atoms with Gasteiger partial charge >= 0.3 is 0 Å². The van der Waals surface area contributed by atoms with E-state index in [1.54, 1.807) is 5.51 Å². The van der Waals surface area contributed by atoms with E-state index in [1.165, 1.54) is 11.3 Å². The van der Waals surface area contributed by atoms with Crippen molar-refractivity contribution in [3.8, 4) is 5.06 Å². The van der Waals surface area contributed by atoms with Gasteiger partial charge in [-0.05, 0) is 0 Å². The van der Waals surface area contributed by atoms with Crippen molar-refractivity contribution in [2.24, 2.45) is 0 Å². The van der Waals surface area contributed by atoms with Crippen molar-refractivity contribution in [2.45, 2.75) is 0 Å². The second kappa shape index (κ2) is 1.35. The van der Waals surface area contributed by atoms with E-state index in [2.05, 4.69) is 10.3 Å². The van der Waals surface area contributed by atoms with Crippen LogP contribution in [0.3, 0.4) is 0 Å². The van der Waals surface area contributed by atoms with E-state index in [4.69, 9.17) is 4.74 Å². The van der Waals surface area contributed by atoms with Crippen LogP contribution in [-0.4, -0.2) is 11.7 Å². The zero-order valence-corrected chi connectivity index (χ0v) is 4.86. The summed E-state index contributed by atoms with van der Waals surface area (Å²) in [7, 11) is 0. The van der Waals surface area contributed by atoms with E-state index in [0.29, 0.717) is 6.73 Å². The summed E-state index contributed by atoms with van der Waals surface area (Å²) in [4.78, 5) is 3.98. The molecule has 0 atom stereocenters. The first-order chi connectivity index (χ1) is 3.97. The Bertz CT molecular complexity index is 179. The molecule has 1 aromatic rings. The van der Waals surface area contributed by atoms with Gasteiger partial charge in [0.25, 0.3) is 0 Å². The van der Waals surface area contributed by atoms with Gasteiger partial charge in [-0.3, -0.25) is 0 Å². The molecule has 4 heteroatoms. The van der Waals surface area contributed by atoms with E-state index in [-0.39, 0.29) is 0 Å². The van der Waals surface area contributed by atoms with Gasteiger partial charge in [0.1, 0.15) is 0 Å². The zero-order valence-electron chi connectivity index (χ0n) is 4.05. The van der Waals surface area contributed by atoms with Crippen LogP contribution in [-0.2, 0) is 0 Å². The molecule has 0 aliphatic carbocycles. The molecule has 1 aromatic heterocycles. The van der Waals surface area contributed by atoms with Gasteiger partial charge in [-0.1, -0.05) is 11.3 Å². The lowest BCUT2D eigenvalue weighted by Gasteiger charge is -1.85. The standard InChI is InChI=1S/C4H4N2OS/c1-5-3-4(7-1)8-2-6-3/h2,5H,1H2. The molecule has 0 saturated carbocycles. The van der Waals surface area contributed by atoms with Gasteiger partial charge in [0.2, 0.25) is 5.06 Å². The molecule has 0 unspecified atom stereocenters. The molecule has 0 spiro atoms. The number of nitrogens with zero attached hydrogens (tertiary/aromatic N) is 1. The van der Waals surface area contributed by atoms with Crippen molar-refractivity contribution in [3.05, 3.63) is 5.51 Å². The third-order valence-electron chi connectivity index (χ3n) is 0.978. The predicted molar refractivity (Wildman–Crippen MR) is 31.2 cm³/mol. The Balaban J connectivity index is 2.54. The van der Waals surface area contributed by atoms with Crippen LogP contribution in [0, 0.1) is 0 Å². The van der Waals surface area contributed by atoms with Crippen molar-refractivity contribution in [1.82, 2.24) is 4.98 Å². The van der Waals surface area contributed by atoms with Gasteiger partial charge in [0.15, 0.2) is 12.5 Å². The maximum atomic E-state index is 5.08. The van der Waals surface area contributed by atoms with Gasteiger partial charge in [-0.25, -0.2) is 4.98 Å². The first-order valence-corrected chi connectivity index (χ1v) is 3.15. The minimum atomic E-state index is 0.578. The first-order valence-electron chi connectivity index (χ1n) is 2.27. The smallest absolute Gasteiger partial charge is 0.220 e. The van der Waals surface area contributed by atoms with Crippen molar-refractivity contribution in [3.63, 3.8) is 0 Å². The molecule has 2 rings (SSSR count). The SMILES string of the molecule is c1nc2c(s1)OCN2. The topological polar surface area (TPSA) is 34.1 Å². The van der Waals surface area contributed by atoms with Crippen molar-refractivity contribution in [2.75, 3.05) is 12.0 Å². The number of nitrogens with one attached hydrogen (secondary N) is 1. The van der Waals surface area contributed by atoms with Gasteiger partial charge in [-0.15, -0.1) is 0 Å². The van der Waals surface area contributed by atoms with Crippen LogP contribution in [0.1, 0.15) is 0 Å². The Labute approximate surface area is 50.3 Å². The molecular formula is C4H4N2OS. The highest BCUT2D eigenvalue weighted by atomic mass is 32.1. The predicted octanol–water partition coefficient (Wildman–Crippen LogP) is 0.905. The number of rotatable bonds is 0. The molecule has 2 heterocycles. The van der Waals surface area contributed by atoms with Crippen molar-refractivity contribution < 1.29 is 4.74 Å². The molecule has 0 aromatic carbocycles. The molecular weight excluding hydrogens is 124 g/mol. The Morgan fingerprint density at radius 2 is 2.88 bits per heavy atom. The molecule has 42 valence electrons. The number of thiazole rings is 1. The van der Waals surface area contributed by atoms with Gasteiger partial charge in [0.05, 0.1) is 5.51 Å². The average molecular weight is 128 g/mol. The fraction of sp³-hybridized carbons (Fsp3) is 0.250. The molecule has 0 fully saturated rings. The van der Waals surface area contributed by atoms with Crippen molar-refractivity contribution in [1.29, 1.82) is 0 Å². The molecule has 1 aliphatic heterocycles. The molecule has 0 amide bonds. The molecule has 8 heavy (non-hydrogen) atoms. The Morgan fingerprint density at radius 3 is 3.75 bits per heavy atom. The van der Waals surface area contributed by atoms with Crippen LogP contribution in [0.2, 0.25) is 0 Å². The second-order valence-electron chi connectivity index (χ2n) is 1.45. The fourth-order valence-corrected chi connectivity index (χ4v) is 1.24. The lowest BCUT2D eigenvalue weighted by atomic mass is 10.8. The highest BCUT2D eigenvalue weighted by Crippen LogP contribution is 2.31. The van der Waals surface area contributed by atoms with Gasteiger partial charge < -0.3 is 10.1 Å². The number of anilines is 1. The summed E-state index contributed by atoms with van der Waals surface area (Å²) in [6, 6.07) is 0. The number of hydrogen-bond acceptors (Lipinski definition) is 4. The van der Waals surface area contributed by atoms with Crippen LogP contribution in [0.5, 0.6) is 5.06 Å². The fourth-order valence-electron chi connectivity index (χ4n) is 0.626. The van der Waals surface area contributed by atoms with Gasteiger partial charge in [0, 0.05) is 0 Å². The van der Waals surface area contributed by atoms with E-state index in [9.17, 15) is 0 Å². The van der Waals surface area contributed by atoms with Crippen molar-refractivity contribution >= 4 is 17.2 Å². The molecule has 3 nitrogen and oxygen atoms in total. The molecule has 0 saturated heterocycles. The van der Waals surface area contributed by atoms with E-state index in [0.717, 1.165) is 10.9 Å². The van der Waals surface area contributed by atoms with E-state index < -0.39 is 0 Å². The van der Waals surface area contributed by atoms with Crippen LogP contribution in [0.25, 0.3) is 0 Å². The summed E-state index contributed by atoms with van der Waals surface area (Å²) in [5, 5.41) is 3.86. The number of fused-ring (bicyclic) bond motifs is 1. The lowest BCUT2D eigenvalue weighted by Crippen LogP contribution is -1.97. The normalized spacial score (nSPS) is 14.5. The third kappa shape index (κ3) is 0.403. The first kappa shape index (κ1) is 4.14. The molecule has 0 bridgehead atoms. The molecule has 1 aliphatic rings. The summed E-state index contributed by atoms with van der Waals surface area (Å²) < 4.78 is 5.08. The summed E-state index contributed by atoms with van der Waals surface area (Å²) in [6.07, 6.45) is 0. The Kier molecular flexibility index (Phi) is 0.700.